The molecule has 2 aliphatic heterocycles. The second-order valence-electron chi connectivity index (χ2n) is 6.48. The number of carbonyl (C=O) groups excluding carboxylic acids is 1. The van der Waals surface area contributed by atoms with Gasteiger partial charge in [0.25, 0.3) is 5.91 Å². The van der Waals surface area contributed by atoms with Crippen molar-refractivity contribution in [1.29, 1.82) is 0 Å². The van der Waals surface area contributed by atoms with Crippen LogP contribution in [0.2, 0.25) is 0 Å². The van der Waals surface area contributed by atoms with Crippen molar-refractivity contribution < 1.29 is 14.3 Å². The van der Waals surface area contributed by atoms with Gasteiger partial charge in [0.15, 0.2) is 0 Å². The van der Waals surface area contributed by atoms with Gasteiger partial charge in [-0.25, -0.2) is 0 Å². The Labute approximate surface area is 125 Å². The predicted octanol–water partition coefficient (Wildman–Crippen LogP) is 2.11. The fourth-order valence-corrected chi connectivity index (χ4v) is 2.39. The molecule has 2 unspecified atom stereocenters. The summed E-state index contributed by atoms with van der Waals surface area (Å²) in [5, 5.41) is 0. The summed E-state index contributed by atoms with van der Waals surface area (Å²) in [7, 11) is 0. The highest BCUT2D eigenvalue weighted by molar-refractivity contribution is 6.18. The number of hydrogen-bond donors (Lipinski definition) is 0. The van der Waals surface area contributed by atoms with Crippen LogP contribution in [0.25, 0.3) is 5.57 Å². The number of epoxide rings is 2. The summed E-state index contributed by atoms with van der Waals surface area (Å²) in [6.45, 7) is 10.6. The summed E-state index contributed by atoms with van der Waals surface area (Å²) in [4.78, 5) is 14.6. The van der Waals surface area contributed by atoms with Gasteiger partial charge >= 0.3 is 0 Å². The Kier molecular flexibility index (Phi) is 3.38. The number of carbonyl (C=O) groups is 1. The highest BCUT2D eigenvalue weighted by Crippen LogP contribution is 2.32. The van der Waals surface area contributed by atoms with Crippen molar-refractivity contribution in [2.45, 2.75) is 25.0 Å². The molecule has 3 rings (SSSR count). The SMILES string of the molecule is C=C(C(=O)N(CC1(C)CO1)CC1(C)CO1)c1ccccc1. The maximum Gasteiger partial charge on any atom is 0.254 e. The molecule has 0 aromatic heterocycles. The number of benzene rings is 1. The van der Waals surface area contributed by atoms with Crippen LogP contribution in [0, 0.1) is 0 Å². The van der Waals surface area contributed by atoms with E-state index in [0.29, 0.717) is 31.9 Å². The minimum Gasteiger partial charge on any atom is -0.368 e. The lowest BCUT2D eigenvalue weighted by molar-refractivity contribution is -0.126. The molecule has 1 aromatic rings. The summed E-state index contributed by atoms with van der Waals surface area (Å²) < 4.78 is 10.9. The molecule has 4 heteroatoms. The van der Waals surface area contributed by atoms with E-state index < -0.39 is 0 Å². The summed E-state index contributed by atoms with van der Waals surface area (Å²) in [6, 6.07) is 9.56. The maximum absolute atomic E-state index is 12.8. The van der Waals surface area contributed by atoms with Gasteiger partial charge in [-0.15, -0.1) is 0 Å². The highest BCUT2D eigenvalue weighted by atomic mass is 16.6. The third-order valence-corrected chi connectivity index (χ3v) is 3.99. The third kappa shape index (κ3) is 3.34. The first kappa shape index (κ1) is 14.3. The zero-order valence-corrected chi connectivity index (χ0v) is 12.6. The van der Waals surface area contributed by atoms with Gasteiger partial charge in [0.2, 0.25) is 0 Å². The molecule has 0 spiro atoms. The van der Waals surface area contributed by atoms with Gasteiger partial charge in [-0.1, -0.05) is 36.9 Å². The van der Waals surface area contributed by atoms with Crippen molar-refractivity contribution in [2.75, 3.05) is 26.3 Å². The maximum atomic E-state index is 12.8. The van der Waals surface area contributed by atoms with Crippen molar-refractivity contribution in [1.82, 2.24) is 4.90 Å². The zero-order chi connectivity index (χ0) is 15.1. The molecule has 2 aliphatic rings. The first-order valence-electron chi connectivity index (χ1n) is 7.22. The van der Waals surface area contributed by atoms with Crippen LogP contribution in [-0.2, 0) is 14.3 Å². The lowest BCUT2D eigenvalue weighted by Crippen LogP contribution is -2.43. The van der Waals surface area contributed by atoms with Crippen molar-refractivity contribution in [3.63, 3.8) is 0 Å². The number of nitrogens with zero attached hydrogens (tertiary/aromatic N) is 1. The molecule has 1 aromatic carbocycles. The van der Waals surface area contributed by atoms with E-state index in [2.05, 4.69) is 6.58 Å². The van der Waals surface area contributed by atoms with Gasteiger partial charge < -0.3 is 14.4 Å². The fourth-order valence-electron chi connectivity index (χ4n) is 2.39. The van der Waals surface area contributed by atoms with Crippen molar-refractivity contribution >= 4 is 11.5 Å². The van der Waals surface area contributed by atoms with Crippen LogP contribution in [0.5, 0.6) is 0 Å². The van der Waals surface area contributed by atoms with Crippen LogP contribution in [0.1, 0.15) is 19.4 Å². The predicted molar refractivity (Wildman–Crippen MR) is 80.8 cm³/mol. The molecule has 2 saturated heterocycles. The highest BCUT2D eigenvalue weighted by Gasteiger charge is 2.47. The second-order valence-corrected chi connectivity index (χ2v) is 6.48. The topological polar surface area (TPSA) is 45.4 Å². The largest absolute Gasteiger partial charge is 0.368 e. The molecular formula is C17H21NO3. The number of hydrogen-bond acceptors (Lipinski definition) is 3. The van der Waals surface area contributed by atoms with E-state index in [-0.39, 0.29) is 17.1 Å². The van der Waals surface area contributed by atoms with Crippen LogP contribution in [0.4, 0.5) is 0 Å². The van der Waals surface area contributed by atoms with Gasteiger partial charge in [0.05, 0.1) is 26.3 Å². The van der Waals surface area contributed by atoms with E-state index in [1.54, 1.807) is 0 Å². The van der Waals surface area contributed by atoms with Crippen molar-refractivity contribution in [2.24, 2.45) is 0 Å². The minimum absolute atomic E-state index is 0.0466. The van der Waals surface area contributed by atoms with Crippen LogP contribution >= 0.6 is 0 Å². The number of amides is 1. The molecule has 21 heavy (non-hydrogen) atoms. The third-order valence-electron chi connectivity index (χ3n) is 3.99. The molecule has 112 valence electrons. The van der Waals surface area contributed by atoms with E-state index in [1.165, 1.54) is 0 Å². The quantitative estimate of drug-likeness (QED) is 0.594. The Balaban J connectivity index is 1.75. The van der Waals surface area contributed by atoms with Gasteiger partial charge in [-0.2, -0.15) is 0 Å². The molecule has 0 aliphatic carbocycles. The van der Waals surface area contributed by atoms with E-state index in [1.807, 2.05) is 49.1 Å². The summed E-state index contributed by atoms with van der Waals surface area (Å²) in [6.07, 6.45) is 0. The van der Waals surface area contributed by atoms with Crippen molar-refractivity contribution in [3.8, 4) is 0 Å². The van der Waals surface area contributed by atoms with E-state index >= 15 is 0 Å². The fraction of sp³-hybridized carbons (Fsp3) is 0.471. The molecule has 2 atom stereocenters. The number of ether oxygens (including phenoxy) is 2. The minimum atomic E-state index is -0.210. The lowest BCUT2D eigenvalue weighted by Gasteiger charge is -2.27. The molecular weight excluding hydrogens is 266 g/mol. The Morgan fingerprint density at radius 2 is 1.62 bits per heavy atom. The van der Waals surface area contributed by atoms with Crippen LogP contribution in [-0.4, -0.2) is 48.3 Å². The van der Waals surface area contributed by atoms with Gasteiger partial charge in [-0.3, -0.25) is 4.79 Å². The van der Waals surface area contributed by atoms with E-state index in [0.717, 1.165) is 5.56 Å². The Morgan fingerprint density at radius 3 is 2.05 bits per heavy atom. The second kappa shape index (κ2) is 4.97. The van der Waals surface area contributed by atoms with Crippen LogP contribution < -0.4 is 0 Å². The molecule has 0 bridgehead atoms. The number of rotatable bonds is 6. The molecule has 0 N–H and O–H groups in total. The first-order valence-corrected chi connectivity index (χ1v) is 7.22. The monoisotopic (exact) mass is 287 g/mol. The average molecular weight is 287 g/mol. The lowest BCUT2D eigenvalue weighted by atomic mass is 10.0. The Hall–Kier alpha value is -1.65. The zero-order valence-electron chi connectivity index (χ0n) is 12.6. The molecule has 1 amide bonds. The molecule has 2 fully saturated rings. The first-order chi connectivity index (χ1) is 9.91. The summed E-state index contributed by atoms with van der Waals surface area (Å²) >= 11 is 0. The van der Waals surface area contributed by atoms with Crippen LogP contribution in [0.15, 0.2) is 36.9 Å². The average Bonchev–Trinajstić information content (AvgIpc) is 3.38. The van der Waals surface area contributed by atoms with Gasteiger partial charge in [0.1, 0.15) is 11.2 Å². The molecule has 4 nitrogen and oxygen atoms in total. The smallest absolute Gasteiger partial charge is 0.254 e. The molecule has 0 saturated carbocycles. The van der Waals surface area contributed by atoms with E-state index in [9.17, 15) is 4.79 Å². The van der Waals surface area contributed by atoms with E-state index in [4.69, 9.17) is 9.47 Å². The summed E-state index contributed by atoms with van der Waals surface area (Å²) in [5.41, 5.74) is 0.954. The molecule has 2 heterocycles. The van der Waals surface area contributed by atoms with Gasteiger partial charge in [-0.05, 0) is 19.4 Å². The normalized spacial score (nSPS) is 29.8. The van der Waals surface area contributed by atoms with Gasteiger partial charge in [0, 0.05) is 5.57 Å². The Bertz CT molecular complexity index is 539. The standard InChI is InChI=1S/C17H21NO3/c1-13(14-7-5-4-6-8-14)15(19)18(9-16(2)11-20-16)10-17(3)12-21-17/h4-8H,1,9-12H2,2-3H3. The summed E-state index contributed by atoms with van der Waals surface area (Å²) in [5.74, 6) is -0.0466. The van der Waals surface area contributed by atoms with Crippen LogP contribution in [0.3, 0.4) is 0 Å². The Morgan fingerprint density at radius 1 is 1.14 bits per heavy atom. The molecule has 0 radical (unpaired) electrons. The van der Waals surface area contributed by atoms with Crippen molar-refractivity contribution in [3.05, 3.63) is 42.5 Å².